The van der Waals surface area contributed by atoms with Gasteiger partial charge < -0.3 is 9.67 Å². The molecular formula is C17H16ClN5O2. The minimum absolute atomic E-state index is 0.319. The van der Waals surface area contributed by atoms with E-state index in [-0.39, 0.29) is 0 Å². The van der Waals surface area contributed by atoms with Gasteiger partial charge in [-0.25, -0.2) is 0 Å². The molecule has 1 aliphatic heterocycles. The Labute approximate surface area is 148 Å². The van der Waals surface area contributed by atoms with Crippen LogP contribution in [0, 0.1) is 6.92 Å². The predicted octanol–water partition coefficient (Wildman–Crippen LogP) is 2.26. The van der Waals surface area contributed by atoms with Crippen LogP contribution in [0.1, 0.15) is 17.2 Å². The number of carbonyl (C=O) groups is 1. The maximum Gasteiger partial charge on any atom is 0.322 e. The van der Waals surface area contributed by atoms with Crippen LogP contribution in [0.15, 0.2) is 30.5 Å². The molecule has 0 aliphatic carbocycles. The van der Waals surface area contributed by atoms with Crippen molar-refractivity contribution < 1.29 is 9.90 Å². The molecule has 2 aromatic heterocycles. The first-order chi connectivity index (χ1) is 12.0. The number of carboxylic acids is 1. The number of rotatable bonds is 3. The highest BCUT2D eigenvalue weighted by molar-refractivity contribution is 6.32. The molecule has 0 bridgehead atoms. The molecule has 0 spiro atoms. The molecule has 0 radical (unpaired) electrons. The quantitative estimate of drug-likeness (QED) is 0.774. The van der Waals surface area contributed by atoms with Gasteiger partial charge in [-0.2, -0.15) is 0 Å². The highest BCUT2D eigenvalue weighted by Crippen LogP contribution is 2.28. The SMILES string of the molecule is Cc1nnc2n1CC(C(=O)O)N(Cc1c(Cl)ccc3cccnc13)C2. The summed E-state index contributed by atoms with van der Waals surface area (Å²) in [5, 5.41) is 19.4. The Hall–Kier alpha value is -2.51. The Kier molecular flexibility index (Phi) is 3.89. The number of hydrogen-bond acceptors (Lipinski definition) is 5. The average molecular weight is 358 g/mol. The van der Waals surface area contributed by atoms with E-state index in [1.807, 2.05) is 40.7 Å². The second-order valence-corrected chi connectivity index (χ2v) is 6.54. The van der Waals surface area contributed by atoms with Gasteiger partial charge in [0.2, 0.25) is 0 Å². The summed E-state index contributed by atoms with van der Waals surface area (Å²) >= 11 is 6.41. The highest BCUT2D eigenvalue weighted by atomic mass is 35.5. The second-order valence-electron chi connectivity index (χ2n) is 6.13. The molecule has 1 unspecified atom stereocenters. The number of carboxylic acid groups (broad SMARTS) is 1. The third-order valence-corrected chi connectivity index (χ3v) is 4.98. The maximum absolute atomic E-state index is 11.8. The van der Waals surface area contributed by atoms with Gasteiger partial charge in [0, 0.05) is 28.7 Å². The molecule has 8 heteroatoms. The van der Waals surface area contributed by atoms with E-state index in [1.165, 1.54) is 0 Å². The molecule has 1 aliphatic rings. The summed E-state index contributed by atoms with van der Waals surface area (Å²) in [5.41, 5.74) is 1.62. The standard InChI is InChI=1S/C17H16ClN5O2/c1-10-20-21-15-9-22(14(17(24)25)8-23(10)15)7-12-13(18)5-4-11-3-2-6-19-16(11)12/h2-6,14H,7-9H2,1H3,(H,24,25). The van der Waals surface area contributed by atoms with Crippen molar-refractivity contribution in [2.45, 2.75) is 32.6 Å². The lowest BCUT2D eigenvalue weighted by Gasteiger charge is -2.33. The molecule has 25 heavy (non-hydrogen) atoms. The first-order valence-electron chi connectivity index (χ1n) is 7.92. The number of nitrogens with zero attached hydrogens (tertiary/aromatic N) is 5. The van der Waals surface area contributed by atoms with E-state index in [2.05, 4.69) is 15.2 Å². The third-order valence-electron chi connectivity index (χ3n) is 4.62. The van der Waals surface area contributed by atoms with Crippen molar-refractivity contribution in [1.29, 1.82) is 0 Å². The van der Waals surface area contributed by atoms with Gasteiger partial charge in [0.05, 0.1) is 18.6 Å². The van der Waals surface area contributed by atoms with E-state index in [0.29, 0.717) is 24.7 Å². The van der Waals surface area contributed by atoms with Crippen molar-refractivity contribution in [2.75, 3.05) is 0 Å². The summed E-state index contributed by atoms with van der Waals surface area (Å²) in [6, 6.07) is 6.91. The molecule has 0 saturated heterocycles. The zero-order valence-corrected chi connectivity index (χ0v) is 14.3. The van der Waals surface area contributed by atoms with Crippen molar-refractivity contribution >= 4 is 28.5 Å². The van der Waals surface area contributed by atoms with Crippen molar-refractivity contribution in [3.05, 3.63) is 52.7 Å². The maximum atomic E-state index is 11.8. The summed E-state index contributed by atoms with van der Waals surface area (Å²) in [6.07, 6.45) is 1.72. The lowest BCUT2D eigenvalue weighted by molar-refractivity contribution is -0.145. The van der Waals surface area contributed by atoms with Gasteiger partial charge in [-0.05, 0) is 19.1 Å². The van der Waals surface area contributed by atoms with Gasteiger partial charge in [-0.3, -0.25) is 14.7 Å². The summed E-state index contributed by atoms with van der Waals surface area (Å²) < 4.78 is 1.86. The Morgan fingerprint density at radius 2 is 2.20 bits per heavy atom. The molecular weight excluding hydrogens is 342 g/mol. The topological polar surface area (TPSA) is 84.1 Å². The molecule has 4 rings (SSSR count). The van der Waals surface area contributed by atoms with E-state index in [9.17, 15) is 9.90 Å². The molecule has 3 heterocycles. The average Bonchev–Trinajstić information content (AvgIpc) is 2.97. The number of halogens is 1. The molecule has 0 amide bonds. The van der Waals surface area contributed by atoms with E-state index in [0.717, 1.165) is 28.1 Å². The first kappa shape index (κ1) is 16.0. The molecule has 0 fully saturated rings. The van der Waals surface area contributed by atoms with E-state index in [4.69, 9.17) is 11.6 Å². The third kappa shape index (κ3) is 2.75. The Balaban J connectivity index is 1.74. The van der Waals surface area contributed by atoms with Crippen LogP contribution in [0.3, 0.4) is 0 Å². The van der Waals surface area contributed by atoms with Crippen LogP contribution in [0.25, 0.3) is 10.9 Å². The van der Waals surface area contributed by atoms with Crippen molar-refractivity contribution in [3.63, 3.8) is 0 Å². The fourth-order valence-corrected chi connectivity index (χ4v) is 3.51. The van der Waals surface area contributed by atoms with Gasteiger partial charge in [0.15, 0.2) is 0 Å². The number of pyridine rings is 1. The van der Waals surface area contributed by atoms with E-state index >= 15 is 0 Å². The fourth-order valence-electron chi connectivity index (χ4n) is 3.29. The van der Waals surface area contributed by atoms with Gasteiger partial charge in [0.25, 0.3) is 0 Å². The monoisotopic (exact) mass is 357 g/mol. The van der Waals surface area contributed by atoms with Crippen molar-refractivity contribution in [3.8, 4) is 0 Å². The largest absolute Gasteiger partial charge is 0.480 e. The van der Waals surface area contributed by atoms with Crippen LogP contribution in [0.5, 0.6) is 0 Å². The van der Waals surface area contributed by atoms with Gasteiger partial charge in [-0.1, -0.05) is 23.7 Å². The zero-order valence-electron chi connectivity index (χ0n) is 13.6. The molecule has 128 valence electrons. The Morgan fingerprint density at radius 1 is 1.36 bits per heavy atom. The predicted molar refractivity (Wildman–Crippen MR) is 92.2 cm³/mol. The summed E-state index contributed by atoms with van der Waals surface area (Å²) in [7, 11) is 0. The number of hydrogen-bond donors (Lipinski definition) is 1. The molecule has 1 atom stereocenters. The Bertz CT molecular complexity index is 971. The first-order valence-corrected chi connectivity index (χ1v) is 8.30. The summed E-state index contributed by atoms with van der Waals surface area (Å²) in [6.45, 7) is 2.93. The second kappa shape index (κ2) is 6.09. The Morgan fingerprint density at radius 3 is 3.00 bits per heavy atom. The van der Waals surface area contributed by atoms with Crippen LogP contribution < -0.4 is 0 Å². The molecule has 7 nitrogen and oxygen atoms in total. The van der Waals surface area contributed by atoms with E-state index < -0.39 is 12.0 Å². The van der Waals surface area contributed by atoms with Crippen LogP contribution in [0.4, 0.5) is 0 Å². The number of aliphatic carboxylic acids is 1. The number of aryl methyl sites for hydroxylation is 1. The molecule has 3 aromatic rings. The minimum atomic E-state index is -0.872. The van der Waals surface area contributed by atoms with Crippen LogP contribution in [0.2, 0.25) is 5.02 Å². The van der Waals surface area contributed by atoms with Crippen molar-refractivity contribution in [1.82, 2.24) is 24.6 Å². The van der Waals surface area contributed by atoms with Crippen LogP contribution in [-0.2, 0) is 24.4 Å². The molecule has 1 aromatic carbocycles. The number of aromatic nitrogens is 4. The molecule has 1 N–H and O–H groups in total. The summed E-state index contributed by atoms with van der Waals surface area (Å²) in [5.74, 6) is 0.619. The van der Waals surface area contributed by atoms with Crippen LogP contribution >= 0.6 is 11.6 Å². The van der Waals surface area contributed by atoms with E-state index in [1.54, 1.807) is 6.20 Å². The lowest BCUT2D eigenvalue weighted by Crippen LogP contribution is -2.47. The fraction of sp³-hybridized carbons (Fsp3) is 0.294. The summed E-state index contributed by atoms with van der Waals surface area (Å²) in [4.78, 5) is 18.1. The molecule has 0 saturated carbocycles. The number of benzene rings is 1. The van der Waals surface area contributed by atoms with Gasteiger partial charge >= 0.3 is 5.97 Å². The lowest BCUT2D eigenvalue weighted by atomic mass is 10.1. The van der Waals surface area contributed by atoms with Crippen molar-refractivity contribution in [2.24, 2.45) is 0 Å². The minimum Gasteiger partial charge on any atom is -0.480 e. The van der Waals surface area contributed by atoms with Crippen LogP contribution in [-0.4, -0.2) is 41.8 Å². The van der Waals surface area contributed by atoms with Gasteiger partial charge in [-0.15, -0.1) is 10.2 Å². The van der Waals surface area contributed by atoms with Gasteiger partial charge in [0.1, 0.15) is 17.7 Å². The smallest absolute Gasteiger partial charge is 0.322 e. The highest BCUT2D eigenvalue weighted by Gasteiger charge is 2.34. The normalized spacial score (nSPS) is 17.6. The zero-order chi connectivity index (χ0) is 17.6. The number of fused-ring (bicyclic) bond motifs is 2.